The molecule has 1 atom stereocenters. The SMILES string of the molecule is CCCCN1CCCC(CCN)C1(C)C. The van der Waals surface area contributed by atoms with E-state index in [1.807, 2.05) is 0 Å². The van der Waals surface area contributed by atoms with Crippen LogP contribution >= 0.6 is 0 Å². The summed E-state index contributed by atoms with van der Waals surface area (Å²) in [6.07, 6.45) is 6.55. The fourth-order valence-corrected chi connectivity index (χ4v) is 2.88. The largest absolute Gasteiger partial charge is 0.330 e. The van der Waals surface area contributed by atoms with E-state index < -0.39 is 0 Å². The average molecular weight is 212 g/mol. The topological polar surface area (TPSA) is 29.3 Å². The van der Waals surface area contributed by atoms with Gasteiger partial charge in [0, 0.05) is 5.54 Å². The van der Waals surface area contributed by atoms with Crippen LogP contribution in [0.25, 0.3) is 0 Å². The smallest absolute Gasteiger partial charge is 0.0181 e. The third kappa shape index (κ3) is 3.18. The van der Waals surface area contributed by atoms with Crippen LogP contribution in [0.5, 0.6) is 0 Å². The minimum Gasteiger partial charge on any atom is -0.330 e. The highest BCUT2D eigenvalue weighted by molar-refractivity contribution is 4.92. The lowest BCUT2D eigenvalue weighted by atomic mass is 9.77. The molecule has 2 heteroatoms. The van der Waals surface area contributed by atoms with E-state index in [2.05, 4.69) is 25.7 Å². The fraction of sp³-hybridized carbons (Fsp3) is 1.00. The standard InChI is InChI=1S/C13H28N2/c1-4-5-10-15-11-6-7-12(8-9-14)13(15,2)3/h12H,4-11,14H2,1-3H3. The number of hydrogen-bond donors (Lipinski definition) is 1. The van der Waals surface area contributed by atoms with Crippen LogP contribution in [-0.2, 0) is 0 Å². The van der Waals surface area contributed by atoms with E-state index in [9.17, 15) is 0 Å². The predicted molar refractivity (Wildman–Crippen MR) is 67.0 cm³/mol. The Morgan fingerprint density at radius 2 is 2.13 bits per heavy atom. The summed E-state index contributed by atoms with van der Waals surface area (Å²) < 4.78 is 0. The first-order chi connectivity index (χ1) is 7.12. The molecule has 0 aromatic carbocycles. The molecule has 1 rings (SSSR count). The van der Waals surface area contributed by atoms with Crippen molar-refractivity contribution in [1.82, 2.24) is 4.90 Å². The maximum Gasteiger partial charge on any atom is 0.0181 e. The van der Waals surface area contributed by atoms with Crippen molar-refractivity contribution in [3.05, 3.63) is 0 Å². The molecule has 0 aromatic heterocycles. The minimum atomic E-state index is 0.368. The van der Waals surface area contributed by atoms with Gasteiger partial charge in [0.1, 0.15) is 0 Å². The molecule has 2 nitrogen and oxygen atoms in total. The normalized spacial score (nSPS) is 26.8. The van der Waals surface area contributed by atoms with Crippen molar-refractivity contribution in [3.8, 4) is 0 Å². The first kappa shape index (κ1) is 13.0. The summed E-state index contributed by atoms with van der Waals surface area (Å²) in [6, 6.07) is 0. The predicted octanol–water partition coefficient (Wildman–Crippen LogP) is 2.63. The van der Waals surface area contributed by atoms with Crippen molar-refractivity contribution in [1.29, 1.82) is 0 Å². The van der Waals surface area contributed by atoms with Crippen LogP contribution in [0.1, 0.15) is 52.9 Å². The Morgan fingerprint density at radius 1 is 1.40 bits per heavy atom. The summed E-state index contributed by atoms with van der Waals surface area (Å²) in [7, 11) is 0. The van der Waals surface area contributed by atoms with Crippen molar-refractivity contribution < 1.29 is 0 Å². The van der Waals surface area contributed by atoms with Crippen LogP contribution in [0.4, 0.5) is 0 Å². The maximum absolute atomic E-state index is 5.71. The van der Waals surface area contributed by atoms with Gasteiger partial charge in [0.15, 0.2) is 0 Å². The maximum atomic E-state index is 5.71. The Bertz CT molecular complexity index is 175. The minimum absolute atomic E-state index is 0.368. The molecule has 0 spiro atoms. The Labute approximate surface area is 95.2 Å². The summed E-state index contributed by atoms with van der Waals surface area (Å²) in [4.78, 5) is 2.68. The molecule has 1 aliphatic heterocycles. The zero-order valence-corrected chi connectivity index (χ0v) is 10.8. The number of piperidine rings is 1. The number of nitrogens with zero attached hydrogens (tertiary/aromatic N) is 1. The Morgan fingerprint density at radius 3 is 2.73 bits per heavy atom. The third-order valence-corrected chi connectivity index (χ3v) is 4.09. The van der Waals surface area contributed by atoms with Gasteiger partial charge in [-0.15, -0.1) is 0 Å². The van der Waals surface area contributed by atoms with Gasteiger partial charge in [0.25, 0.3) is 0 Å². The number of rotatable bonds is 5. The molecule has 1 saturated heterocycles. The van der Waals surface area contributed by atoms with Gasteiger partial charge in [0.2, 0.25) is 0 Å². The highest BCUT2D eigenvalue weighted by Crippen LogP contribution is 2.35. The first-order valence-corrected chi connectivity index (χ1v) is 6.58. The summed E-state index contributed by atoms with van der Waals surface area (Å²) in [5, 5.41) is 0. The van der Waals surface area contributed by atoms with E-state index in [0.29, 0.717) is 5.54 Å². The molecular weight excluding hydrogens is 184 g/mol. The van der Waals surface area contributed by atoms with E-state index in [-0.39, 0.29) is 0 Å². The zero-order valence-electron chi connectivity index (χ0n) is 10.8. The van der Waals surface area contributed by atoms with Gasteiger partial charge < -0.3 is 5.73 Å². The van der Waals surface area contributed by atoms with Crippen LogP contribution in [0.3, 0.4) is 0 Å². The molecule has 0 amide bonds. The fourth-order valence-electron chi connectivity index (χ4n) is 2.88. The van der Waals surface area contributed by atoms with Gasteiger partial charge >= 0.3 is 0 Å². The summed E-state index contributed by atoms with van der Waals surface area (Å²) in [6.45, 7) is 10.5. The highest BCUT2D eigenvalue weighted by Gasteiger charge is 2.37. The third-order valence-electron chi connectivity index (χ3n) is 4.09. The first-order valence-electron chi connectivity index (χ1n) is 6.58. The highest BCUT2D eigenvalue weighted by atomic mass is 15.2. The molecule has 0 saturated carbocycles. The van der Waals surface area contributed by atoms with Crippen LogP contribution in [0, 0.1) is 5.92 Å². The second-order valence-corrected chi connectivity index (χ2v) is 5.41. The van der Waals surface area contributed by atoms with Gasteiger partial charge in [-0.25, -0.2) is 0 Å². The second-order valence-electron chi connectivity index (χ2n) is 5.41. The van der Waals surface area contributed by atoms with Gasteiger partial charge in [0.05, 0.1) is 0 Å². The number of hydrogen-bond acceptors (Lipinski definition) is 2. The molecule has 2 N–H and O–H groups in total. The summed E-state index contributed by atoms with van der Waals surface area (Å²) in [5.41, 5.74) is 6.08. The van der Waals surface area contributed by atoms with E-state index in [1.54, 1.807) is 0 Å². The van der Waals surface area contributed by atoms with Crippen LogP contribution in [0.2, 0.25) is 0 Å². The molecule has 0 aliphatic carbocycles. The molecule has 15 heavy (non-hydrogen) atoms. The number of unbranched alkanes of at least 4 members (excludes halogenated alkanes) is 1. The molecule has 1 heterocycles. The number of likely N-dealkylation sites (tertiary alicyclic amines) is 1. The molecule has 90 valence electrons. The monoisotopic (exact) mass is 212 g/mol. The van der Waals surface area contributed by atoms with Crippen LogP contribution < -0.4 is 5.73 Å². The quantitative estimate of drug-likeness (QED) is 0.759. The van der Waals surface area contributed by atoms with Crippen molar-refractivity contribution in [2.45, 2.75) is 58.4 Å². The number of nitrogens with two attached hydrogens (primary N) is 1. The Kier molecular flexibility index (Phi) is 5.07. The van der Waals surface area contributed by atoms with Crippen molar-refractivity contribution in [3.63, 3.8) is 0 Å². The van der Waals surface area contributed by atoms with E-state index in [4.69, 9.17) is 5.73 Å². The Hall–Kier alpha value is -0.0800. The molecule has 0 bridgehead atoms. The van der Waals surface area contributed by atoms with Crippen molar-refractivity contribution in [2.75, 3.05) is 19.6 Å². The average Bonchev–Trinajstić information content (AvgIpc) is 2.19. The Balaban J connectivity index is 2.55. The van der Waals surface area contributed by atoms with Gasteiger partial charge in [-0.05, 0) is 65.1 Å². The van der Waals surface area contributed by atoms with Gasteiger partial charge in [-0.1, -0.05) is 13.3 Å². The van der Waals surface area contributed by atoms with Crippen LogP contribution in [-0.4, -0.2) is 30.1 Å². The molecule has 1 unspecified atom stereocenters. The molecule has 1 aliphatic rings. The van der Waals surface area contributed by atoms with E-state index >= 15 is 0 Å². The van der Waals surface area contributed by atoms with Gasteiger partial charge in [-0.2, -0.15) is 0 Å². The second kappa shape index (κ2) is 5.86. The molecule has 0 radical (unpaired) electrons. The lowest BCUT2D eigenvalue weighted by Gasteiger charge is -2.48. The lowest BCUT2D eigenvalue weighted by Crippen LogP contribution is -2.53. The van der Waals surface area contributed by atoms with E-state index in [1.165, 1.54) is 45.2 Å². The lowest BCUT2D eigenvalue weighted by molar-refractivity contribution is 0.0182. The van der Waals surface area contributed by atoms with E-state index in [0.717, 1.165) is 12.5 Å². The summed E-state index contributed by atoms with van der Waals surface area (Å²) >= 11 is 0. The van der Waals surface area contributed by atoms with Crippen molar-refractivity contribution in [2.24, 2.45) is 11.7 Å². The molecule has 1 fully saturated rings. The zero-order chi connectivity index (χ0) is 11.3. The van der Waals surface area contributed by atoms with Gasteiger partial charge in [-0.3, -0.25) is 4.90 Å². The summed E-state index contributed by atoms with van der Waals surface area (Å²) in [5.74, 6) is 0.799. The van der Waals surface area contributed by atoms with Crippen LogP contribution in [0.15, 0.2) is 0 Å². The molecule has 0 aromatic rings. The van der Waals surface area contributed by atoms with Crippen molar-refractivity contribution >= 4 is 0 Å². The molecular formula is C13H28N2.